The maximum absolute atomic E-state index is 13.5. The molecule has 0 saturated heterocycles. The lowest BCUT2D eigenvalue weighted by atomic mass is 9.99. The standard InChI is InChI=1S/C16H19FN4O4S/c1-9-4-5-10-8-11(17)6-7-12(10)21(9)26(24,25)13-14(18)19(2)16(23)20(3)15(13)22/h6-9H,4-5,18H2,1-3H3/t9-/m1/s1. The normalized spacial score (nSPS) is 17.2. The number of nitrogens with zero attached hydrogens (tertiary/aromatic N) is 3. The van der Waals surface area contributed by atoms with Gasteiger partial charge in [-0.3, -0.25) is 18.2 Å². The molecule has 0 unspecified atom stereocenters. The fraction of sp³-hybridized carbons (Fsp3) is 0.375. The molecule has 2 N–H and O–H groups in total. The summed E-state index contributed by atoms with van der Waals surface area (Å²) in [7, 11) is -1.89. The van der Waals surface area contributed by atoms with Gasteiger partial charge in [0.15, 0.2) is 4.90 Å². The molecule has 3 rings (SSSR count). The summed E-state index contributed by atoms with van der Waals surface area (Å²) in [5, 5.41) is 0. The van der Waals surface area contributed by atoms with Crippen molar-refractivity contribution in [2.75, 3.05) is 10.0 Å². The Labute approximate surface area is 149 Å². The summed E-state index contributed by atoms with van der Waals surface area (Å²) in [6.45, 7) is 1.70. The van der Waals surface area contributed by atoms with Gasteiger partial charge in [0.1, 0.15) is 11.6 Å². The Hall–Kier alpha value is -2.62. The molecule has 0 aliphatic carbocycles. The van der Waals surface area contributed by atoms with E-state index in [2.05, 4.69) is 0 Å². The van der Waals surface area contributed by atoms with E-state index < -0.39 is 43.8 Å². The van der Waals surface area contributed by atoms with Crippen molar-refractivity contribution in [3.63, 3.8) is 0 Å². The highest BCUT2D eigenvalue weighted by molar-refractivity contribution is 7.93. The average Bonchev–Trinajstić information content (AvgIpc) is 2.58. The number of anilines is 2. The molecule has 1 aliphatic heterocycles. The molecule has 2 heterocycles. The molecule has 26 heavy (non-hydrogen) atoms. The van der Waals surface area contributed by atoms with Crippen LogP contribution < -0.4 is 21.3 Å². The maximum atomic E-state index is 13.5. The Bertz CT molecular complexity index is 1120. The third-order valence-corrected chi connectivity index (χ3v) is 6.67. The fourth-order valence-corrected chi connectivity index (χ4v) is 5.20. The minimum Gasteiger partial charge on any atom is -0.384 e. The molecule has 2 aromatic rings. The van der Waals surface area contributed by atoms with E-state index in [1.54, 1.807) is 6.92 Å². The molecule has 0 fully saturated rings. The average molecular weight is 382 g/mol. The van der Waals surface area contributed by atoms with Gasteiger partial charge in [0, 0.05) is 20.1 Å². The molecule has 0 saturated carbocycles. The molecule has 8 nitrogen and oxygen atoms in total. The molecular weight excluding hydrogens is 363 g/mol. The van der Waals surface area contributed by atoms with Gasteiger partial charge < -0.3 is 5.73 Å². The zero-order valence-corrected chi connectivity index (χ0v) is 15.4. The Balaban J connectivity index is 2.32. The zero-order valence-electron chi connectivity index (χ0n) is 14.6. The van der Waals surface area contributed by atoms with E-state index >= 15 is 0 Å². The molecular formula is C16H19FN4O4S. The van der Waals surface area contributed by atoms with Gasteiger partial charge in [-0.1, -0.05) is 0 Å². The van der Waals surface area contributed by atoms with E-state index in [9.17, 15) is 22.4 Å². The largest absolute Gasteiger partial charge is 0.384 e. The molecule has 0 amide bonds. The van der Waals surface area contributed by atoms with Crippen LogP contribution in [0.1, 0.15) is 18.9 Å². The number of aromatic nitrogens is 2. The molecule has 0 spiro atoms. The van der Waals surface area contributed by atoms with Crippen LogP contribution in [0.15, 0.2) is 32.7 Å². The Morgan fingerprint density at radius 1 is 1.19 bits per heavy atom. The number of hydrogen-bond acceptors (Lipinski definition) is 5. The van der Waals surface area contributed by atoms with Crippen LogP contribution in [0.5, 0.6) is 0 Å². The second kappa shape index (κ2) is 5.97. The van der Waals surface area contributed by atoms with Crippen molar-refractivity contribution >= 4 is 21.5 Å². The van der Waals surface area contributed by atoms with E-state index in [1.807, 2.05) is 0 Å². The molecule has 140 valence electrons. The summed E-state index contributed by atoms with van der Waals surface area (Å²) >= 11 is 0. The van der Waals surface area contributed by atoms with E-state index in [4.69, 9.17) is 5.73 Å². The van der Waals surface area contributed by atoms with Crippen molar-refractivity contribution in [1.82, 2.24) is 9.13 Å². The SMILES string of the molecule is C[C@@H]1CCc2cc(F)ccc2N1S(=O)(=O)c1c(N)n(C)c(=O)n(C)c1=O. The Kier molecular flexibility index (Phi) is 4.18. The molecule has 1 aliphatic rings. The molecule has 1 aromatic heterocycles. The van der Waals surface area contributed by atoms with Gasteiger partial charge in [0.25, 0.3) is 15.6 Å². The molecule has 0 radical (unpaired) electrons. The monoisotopic (exact) mass is 382 g/mol. The maximum Gasteiger partial charge on any atom is 0.332 e. The second-order valence-electron chi connectivity index (χ2n) is 6.38. The smallest absolute Gasteiger partial charge is 0.332 e. The number of aryl methyl sites for hydroxylation is 1. The highest BCUT2D eigenvalue weighted by atomic mass is 32.2. The van der Waals surface area contributed by atoms with Crippen LogP contribution in [0, 0.1) is 5.82 Å². The molecule has 10 heteroatoms. The van der Waals surface area contributed by atoms with Crippen LogP contribution in [0.4, 0.5) is 15.9 Å². The van der Waals surface area contributed by atoms with Gasteiger partial charge in [0.05, 0.1) is 5.69 Å². The second-order valence-corrected chi connectivity index (χ2v) is 8.13. The van der Waals surface area contributed by atoms with Gasteiger partial charge in [-0.05, 0) is 43.5 Å². The van der Waals surface area contributed by atoms with Gasteiger partial charge in [-0.15, -0.1) is 0 Å². The first-order valence-corrected chi connectivity index (χ1v) is 9.39. The van der Waals surface area contributed by atoms with Crippen LogP contribution >= 0.6 is 0 Å². The summed E-state index contributed by atoms with van der Waals surface area (Å²) in [4.78, 5) is 23.8. The molecule has 0 bridgehead atoms. The van der Waals surface area contributed by atoms with Crippen LogP contribution in [-0.4, -0.2) is 23.6 Å². The third kappa shape index (κ3) is 2.52. The Morgan fingerprint density at radius 3 is 2.50 bits per heavy atom. The van der Waals surface area contributed by atoms with Crippen LogP contribution in [-0.2, 0) is 30.5 Å². The first-order valence-electron chi connectivity index (χ1n) is 7.95. The highest BCUT2D eigenvalue weighted by Gasteiger charge is 2.38. The minimum atomic E-state index is -4.37. The molecule has 1 atom stereocenters. The summed E-state index contributed by atoms with van der Waals surface area (Å²) < 4.78 is 42.9. The van der Waals surface area contributed by atoms with Gasteiger partial charge in [0.2, 0.25) is 0 Å². The van der Waals surface area contributed by atoms with Gasteiger partial charge in [-0.2, -0.15) is 0 Å². The van der Waals surface area contributed by atoms with Crippen molar-refractivity contribution < 1.29 is 12.8 Å². The number of rotatable bonds is 2. The third-order valence-electron chi connectivity index (χ3n) is 4.69. The predicted octanol–water partition coefficient (Wildman–Crippen LogP) is 0.335. The number of fused-ring (bicyclic) bond motifs is 1. The Morgan fingerprint density at radius 2 is 1.85 bits per heavy atom. The number of hydrogen-bond donors (Lipinski definition) is 1. The summed E-state index contributed by atoms with van der Waals surface area (Å²) in [6, 6.07) is 3.37. The van der Waals surface area contributed by atoms with Gasteiger partial charge in [-0.25, -0.2) is 17.6 Å². The van der Waals surface area contributed by atoms with Crippen LogP contribution in [0.2, 0.25) is 0 Å². The topological polar surface area (TPSA) is 107 Å². The van der Waals surface area contributed by atoms with Crippen LogP contribution in [0.25, 0.3) is 0 Å². The van der Waals surface area contributed by atoms with Crippen molar-refractivity contribution in [1.29, 1.82) is 0 Å². The van der Waals surface area contributed by atoms with Crippen molar-refractivity contribution in [3.8, 4) is 0 Å². The summed E-state index contributed by atoms with van der Waals surface area (Å²) in [5.74, 6) is -0.896. The quantitative estimate of drug-likeness (QED) is 0.806. The van der Waals surface area contributed by atoms with Crippen LogP contribution in [0.3, 0.4) is 0 Å². The van der Waals surface area contributed by atoms with E-state index in [1.165, 1.54) is 32.3 Å². The van der Waals surface area contributed by atoms with Crippen molar-refractivity contribution in [2.24, 2.45) is 14.1 Å². The van der Waals surface area contributed by atoms with E-state index in [0.29, 0.717) is 28.7 Å². The zero-order chi connectivity index (χ0) is 19.4. The van der Waals surface area contributed by atoms with Crippen molar-refractivity contribution in [2.45, 2.75) is 30.7 Å². The highest BCUT2D eigenvalue weighted by Crippen LogP contribution is 2.35. The fourth-order valence-electron chi connectivity index (χ4n) is 3.22. The lowest BCUT2D eigenvalue weighted by Gasteiger charge is -2.36. The lowest BCUT2D eigenvalue weighted by Crippen LogP contribution is -2.47. The lowest BCUT2D eigenvalue weighted by molar-refractivity contribution is 0.554. The number of benzene rings is 1. The van der Waals surface area contributed by atoms with E-state index in [0.717, 1.165) is 8.87 Å². The van der Waals surface area contributed by atoms with E-state index in [-0.39, 0.29) is 0 Å². The molecule has 1 aromatic carbocycles. The minimum absolute atomic E-state index is 0.306. The number of nitrogens with two attached hydrogens (primary N) is 1. The number of halogens is 1. The summed E-state index contributed by atoms with van der Waals surface area (Å²) in [5.41, 5.74) is 4.94. The van der Waals surface area contributed by atoms with Gasteiger partial charge >= 0.3 is 5.69 Å². The number of sulfonamides is 1. The first-order chi connectivity index (χ1) is 12.1. The number of nitrogen functional groups attached to an aromatic ring is 1. The predicted molar refractivity (Wildman–Crippen MR) is 95.2 cm³/mol. The first kappa shape index (κ1) is 18.2. The van der Waals surface area contributed by atoms with Crippen molar-refractivity contribution in [3.05, 3.63) is 50.4 Å². The summed E-state index contributed by atoms with van der Waals surface area (Å²) in [6.07, 6.45) is 0.975.